The lowest BCUT2D eigenvalue weighted by atomic mass is 10.1. The second-order valence-corrected chi connectivity index (χ2v) is 7.71. The van der Waals surface area contributed by atoms with E-state index in [4.69, 9.17) is 4.98 Å². The fourth-order valence-corrected chi connectivity index (χ4v) is 4.54. The summed E-state index contributed by atoms with van der Waals surface area (Å²) in [6.07, 6.45) is 0. The van der Waals surface area contributed by atoms with Gasteiger partial charge in [0.05, 0.1) is 15.1 Å². The predicted octanol–water partition coefficient (Wildman–Crippen LogP) is 5.76. The Morgan fingerprint density at radius 3 is 2.26 bits per heavy atom. The van der Waals surface area contributed by atoms with E-state index in [1.807, 2.05) is 6.07 Å². The molecule has 2 heterocycles. The lowest BCUT2D eigenvalue weighted by molar-refractivity contribution is 1.13. The molecule has 0 amide bonds. The van der Waals surface area contributed by atoms with E-state index in [1.54, 1.807) is 22.7 Å². The molecule has 2 aromatic carbocycles. The van der Waals surface area contributed by atoms with Crippen molar-refractivity contribution in [2.45, 2.75) is 0 Å². The van der Waals surface area contributed by atoms with Gasteiger partial charge in [0.25, 0.3) is 0 Å². The first-order valence-electron chi connectivity index (χ1n) is 7.44. The molecule has 0 saturated heterocycles. The summed E-state index contributed by atoms with van der Waals surface area (Å²) in [5, 5.41) is 1.10. The Kier molecular flexibility index (Phi) is 3.63. The van der Waals surface area contributed by atoms with Crippen LogP contribution in [-0.4, -0.2) is 19.1 Å². The maximum Gasteiger partial charge on any atom is 0.134 e. The van der Waals surface area contributed by atoms with Crippen LogP contribution in [0.3, 0.4) is 0 Å². The second kappa shape index (κ2) is 5.80. The van der Waals surface area contributed by atoms with E-state index in [-0.39, 0.29) is 0 Å². The van der Waals surface area contributed by atoms with E-state index in [0.29, 0.717) is 0 Å². The number of rotatable bonds is 3. The summed E-state index contributed by atoms with van der Waals surface area (Å²) in [4.78, 5) is 9.38. The Balaban J connectivity index is 1.68. The van der Waals surface area contributed by atoms with Gasteiger partial charge >= 0.3 is 0 Å². The monoisotopic (exact) mass is 336 g/mol. The maximum absolute atomic E-state index is 4.75. The molecule has 0 aliphatic carbocycles. The summed E-state index contributed by atoms with van der Waals surface area (Å²) < 4.78 is 1.24. The Morgan fingerprint density at radius 2 is 1.52 bits per heavy atom. The van der Waals surface area contributed by atoms with Crippen LogP contribution in [0.4, 0.5) is 5.69 Å². The SMILES string of the molecule is CN(C)c1ccc(-c2ccc(-c3nc4ccccc4s3)s2)cc1. The van der Waals surface area contributed by atoms with E-state index in [1.165, 1.54) is 25.7 Å². The summed E-state index contributed by atoms with van der Waals surface area (Å²) in [7, 11) is 4.12. The number of thiophene rings is 1. The minimum absolute atomic E-state index is 1.08. The van der Waals surface area contributed by atoms with Gasteiger partial charge in [-0.15, -0.1) is 22.7 Å². The van der Waals surface area contributed by atoms with E-state index in [2.05, 4.69) is 73.6 Å². The van der Waals surface area contributed by atoms with Gasteiger partial charge in [-0.1, -0.05) is 24.3 Å². The Bertz CT molecular complexity index is 916. The van der Waals surface area contributed by atoms with Crippen molar-refractivity contribution in [2.75, 3.05) is 19.0 Å². The molecule has 114 valence electrons. The highest BCUT2D eigenvalue weighted by atomic mass is 32.1. The first-order valence-corrected chi connectivity index (χ1v) is 9.07. The number of benzene rings is 2. The summed E-state index contributed by atoms with van der Waals surface area (Å²) in [5.41, 5.74) is 3.56. The molecule has 4 aromatic rings. The molecule has 4 heteroatoms. The quantitative estimate of drug-likeness (QED) is 0.473. The van der Waals surface area contributed by atoms with Crippen LogP contribution in [0.5, 0.6) is 0 Å². The smallest absolute Gasteiger partial charge is 0.134 e. The van der Waals surface area contributed by atoms with Crippen LogP contribution in [-0.2, 0) is 0 Å². The fourth-order valence-electron chi connectivity index (χ4n) is 2.51. The second-order valence-electron chi connectivity index (χ2n) is 5.59. The van der Waals surface area contributed by atoms with Crippen LogP contribution < -0.4 is 4.90 Å². The van der Waals surface area contributed by atoms with Crippen molar-refractivity contribution in [3.05, 3.63) is 60.7 Å². The van der Waals surface area contributed by atoms with Gasteiger partial charge in [-0.3, -0.25) is 0 Å². The molecule has 0 unspecified atom stereocenters. The topological polar surface area (TPSA) is 16.1 Å². The van der Waals surface area contributed by atoms with Gasteiger partial charge < -0.3 is 4.90 Å². The number of fused-ring (bicyclic) bond motifs is 1. The molecule has 0 atom stereocenters. The van der Waals surface area contributed by atoms with E-state index in [0.717, 1.165) is 10.5 Å². The van der Waals surface area contributed by atoms with E-state index >= 15 is 0 Å². The zero-order valence-electron chi connectivity index (χ0n) is 13.0. The van der Waals surface area contributed by atoms with Gasteiger partial charge in [-0.25, -0.2) is 4.98 Å². The zero-order valence-corrected chi connectivity index (χ0v) is 14.6. The molecule has 0 spiro atoms. The van der Waals surface area contributed by atoms with Crippen molar-refractivity contribution in [3.63, 3.8) is 0 Å². The Morgan fingerprint density at radius 1 is 0.783 bits per heavy atom. The van der Waals surface area contributed by atoms with Crippen LogP contribution in [0.25, 0.3) is 30.5 Å². The molecule has 2 nitrogen and oxygen atoms in total. The number of hydrogen-bond acceptors (Lipinski definition) is 4. The number of anilines is 1. The average molecular weight is 336 g/mol. The van der Waals surface area contributed by atoms with Gasteiger partial charge in [-0.2, -0.15) is 0 Å². The van der Waals surface area contributed by atoms with Crippen LogP contribution in [0, 0.1) is 0 Å². The van der Waals surface area contributed by atoms with Crippen molar-refractivity contribution < 1.29 is 0 Å². The van der Waals surface area contributed by atoms with Crippen molar-refractivity contribution in [2.24, 2.45) is 0 Å². The number of para-hydroxylation sites is 1. The van der Waals surface area contributed by atoms with Crippen molar-refractivity contribution in [3.8, 4) is 20.3 Å². The fraction of sp³-hybridized carbons (Fsp3) is 0.105. The van der Waals surface area contributed by atoms with Crippen LogP contribution in [0.2, 0.25) is 0 Å². The minimum Gasteiger partial charge on any atom is -0.378 e. The third-order valence-electron chi connectivity index (χ3n) is 3.78. The van der Waals surface area contributed by atoms with Crippen LogP contribution >= 0.6 is 22.7 Å². The zero-order chi connectivity index (χ0) is 15.8. The molecule has 2 aromatic heterocycles. The van der Waals surface area contributed by atoms with Crippen molar-refractivity contribution in [1.29, 1.82) is 0 Å². The number of aromatic nitrogens is 1. The van der Waals surface area contributed by atoms with Crippen LogP contribution in [0.1, 0.15) is 0 Å². The summed E-state index contributed by atoms with van der Waals surface area (Å²) in [6.45, 7) is 0. The number of thiazole rings is 1. The Hall–Kier alpha value is -2.17. The van der Waals surface area contributed by atoms with Gasteiger partial charge in [0.15, 0.2) is 0 Å². The molecular formula is C19H16N2S2. The lowest BCUT2D eigenvalue weighted by Crippen LogP contribution is -2.07. The highest BCUT2D eigenvalue weighted by Gasteiger charge is 2.10. The Labute approximate surface area is 143 Å². The number of hydrogen-bond donors (Lipinski definition) is 0. The van der Waals surface area contributed by atoms with Gasteiger partial charge in [0.1, 0.15) is 5.01 Å². The van der Waals surface area contributed by atoms with Gasteiger partial charge in [0, 0.05) is 24.7 Å². The molecule has 0 fully saturated rings. The van der Waals surface area contributed by atoms with E-state index < -0.39 is 0 Å². The lowest BCUT2D eigenvalue weighted by Gasteiger charge is -2.12. The number of nitrogens with zero attached hydrogens (tertiary/aromatic N) is 2. The highest BCUT2D eigenvalue weighted by molar-refractivity contribution is 7.26. The van der Waals surface area contributed by atoms with Crippen molar-refractivity contribution >= 4 is 38.6 Å². The van der Waals surface area contributed by atoms with E-state index in [9.17, 15) is 0 Å². The van der Waals surface area contributed by atoms with Gasteiger partial charge in [0.2, 0.25) is 0 Å². The minimum atomic E-state index is 1.08. The molecule has 0 N–H and O–H groups in total. The molecule has 0 aliphatic rings. The molecule has 0 saturated carbocycles. The molecular weight excluding hydrogens is 320 g/mol. The molecule has 0 radical (unpaired) electrons. The normalized spacial score (nSPS) is 11.0. The average Bonchev–Trinajstić information content (AvgIpc) is 3.21. The third kappa shape index (κ3) is 2.76. The van der Waals surface area contributed by atoms with Crippen LogP contribution in [0.15, 0.2) is 60.7 Å². The molecule has 4 rings (SSSR count). The maximum atomic E-state index is 4.75. The first kappa shape index (κ1) is 14.4. The first-order chi connectivity index (χ1) is 11.2. The standard InChI is InChI=1S/C19H16N2S2/c1-21(2)14-9-7-13(8-10-14)16-11-12-18(22-16)19-20-15-5-3-4-6-17(15)23-19/h3-12H,1-2H3. The summed E-state index contributed by atoms with van der Waals surface area (Å²) in [5.74, 6) is 0. The molecule has 0 aliphatic heterocycles. The molecule has 23 heavy (non-hydrogen) atoms. The predicted molar refractivity (Wildman–Crippen MR) is 103 cm³/mol. The third-order valence-corrected chi connectivity index (χ3v) is 6.12. The van der Waals surface area contributed by atoms with Gasteiger partial charge in [-0.05, 0) is 42.0 Å². The summed E-state index contributed by atoms with van der Waals surface area (Å²) >= 11 is 3.56. The highest BCUT2D eigenvalue weighted by Crippen LogP contribution is 2.38. The summed E-state index contributed by atoms with van der Waals surface area (Å²) in [6, 6.07) is 21.4. The largest absolute Gasteiger partial charge is 0.378 e. The van der Waals surface area contributed by atoms with Crippen molar-refractivity contribution in [1.82, 2.24) is 4.98 Å². The molecule has 0 bridgehead atoms.